The van der Waals surface area contributed by atoms with Crippen LogP contribution in [0, 0.1) is 0 Å². The minimum atomic E-state index is -0.409. The van der Waals surface area contributed by atoms with Gasteiger partial charge in [0.2, 0.25) is 0 Å². The molecule has 0 radical (unpaired) electrons. The standard InChI is InChI=1S/C18H26ClNO3S/c1-13(2)24-17-5-3-4-16(19)15(17)11-20-10-14-12-22-18(23-14)6-8-21-9-7-18/h3-5,13-14,20H,6-12H2,1-2H3/t14-/m1/s1. The predicted octanol–water partition coefficient (Wildman–Crippen LogP) is 3.85. The van der Waals surface area contributed by atoms with Gasteiger partial charge in [0.05, 0.1) is 25.9 Å². The molecule has 0 aromatic heterocycles. The Morgan fingerprint density at radius 2 is 2.12 bits per heavy atom. The van der Waals surface area contributed by atoms with Crippen LogP contribution in [0.2, 0.25) is 5.02 Å². The van der Waals surface area contributed by atoms with E-state index in [1.807, 2.05) is 23.9 Å². The van der Waals surface area contributed by atoms with Crippen molar-refractivity contribution in [1.29, 1.82) is 0 Å². The second kappa shape index (κ2) is 8.39. The van der Waals surface area contributed by atoms with E-state index in [1.54, 1.807) is 0 Å². The summed E-state index contributed by atoms with van der Waals surface area (Å²) < 4.78 is 17.5. The molecule has 1 aromatic carbocycles. The molecule has 0 amide bonds. The third-order valence-corrected chi connectivity index (χ3v) is 5.74. The first-order valence-corrected chi connectivity index (χ1v) is 9.88. The summed E-state index contributed by atoms with van der Waals surface area (Å²) in [5, 5.41) is 4.83. The molecule has 4 nitrogen and oxygen atoms in total. The number of ether oxygens (including phenoxy) is 3. The highest BCUT2D eigenvalue weighted by molar-refractivity contribution is 8.00. The molecule has 1 aromatic rings. The van der Waals surface area contributed by atoms with E-state index in [1.165, 1.54) is 4.90 Å². The first-order chi connectivity index (χ1) is 11.6. The van der Waals surface area contributed by atoms with E-state index in [2.05, 4.69) is 25.2 Å². The Morgan fingerprint density at radius 1 is 1.33 bits per heavy atom. The Labute approximate surface area is 153 Å². The van der Waals surface area contributed by atoms with E-state index in [-0.39, 0.29) is 6.10 Å². The van der Waals surface area contributed by atoms with Crippen LogP contribution in [0.25, 0.3) is 0 Å². The zero-order valence-electron chi connectivity index (χ0n) is 14.3. The smallest absolute Gasteiger partial charge is 0.173 e. The molecule has 2 heterocycles. The molecule has 1 N–H and O–H groups in total. The Hall–Kier alpha value is -0.300. The lowest BCUT2D eigenvalue weighted by Crippen LogP contribution is -2.39. The number of halogens is 1. The summed E-state index contributed by atoms with van der Waals surface area (Å²) in [4.78, 5) is 1.24. The first-order valence-electron chi connectivity index (χ1n) is 8.62. The summed E-state index contributed by atoms with van der Waals surface area (Å²) >= 11 is 8.25. The maximum Gasteiger partial charge on any atom is 0.173 e. The molecule has 0 saturated carbocycles. The Morgan fingerprint density at radius 3 is 2.88 bits per heavy atom. The fourth-order valence-electron chi connectivity index (χ4n) is 3.09. The Bertz CT molecular complexity index is 549. The van der Waals surface area contributed by atoms with Crippen molar-refractivity contribution >= 4 is 23.4 Å². The third-order valence-electron chi connectivity index (χ3n) is 4.28. The second-order valence-electron chi connectivity index (χ2n) is 6.59. The van der Waals surface area contributed by atoms with Crippen LogP contribution in [0.3, 0.4) is 0 Å². The van der Waals surface area contributed by atoms with Crippen molar-refractivity contribution in [3.05, 3.63) is 28.8 Å². The highest BCUT2D eigenvalue weighted by atomic mass is 35.5. The number of thioether (sulfide) groups is 1. The second-order valence-corrected chi connectivity index (χ2v) is 8.61. The van der Waals surface area contributed by atoms with E-state index in [4.69, 9.17) is 25.8 Å². The van der Waals surface area contributed by atoms with Gasteiger partial charge in [0, 0.05) is 41.1 Å². The van der Waals surface area contributed by atoms with Crippen LogP contribution >= 0.6 is 23.4 Å². The Balaban J connectivity index is 1.52. The zero-order valence-corrected chi connectivity index (χ0v) is 15.9. The van der Waals surface area contributed by atoms with Gasteiger partial charge in [0.15, 0.2) is 5.79 Å². The van der Waals surface area contributed by atoms with E-state index in [0.29, 0.717) is 11.9 Å². The lowest BCUT2D eigenvalue weighted by molar-refractivity contribution is -0.210. The predicted molar refractivity (Wildman–Crippen MR) is 97.8 cm³/mol. The van der Waals surface area contributed by atoms with Gasteiger partial charge in [0.1, 0.15) is 0 Å². The lowest BCUT2D eigenvalue weighted by atomic mass is 10.1. The first kappa shape index (κ1) is 18.5. The van der Waals surface area contributed by atoms with E-state index < -0.39 is 5.79 Å². The molecule has 0 aliphatic carbocycles. The van der Waals surface area contributed by atoms with Crippen LogP contribution in [0.5, 0.6) is 0 Å². The summed E-state index contributed by atoms with van der Waals surface area (Å²) in [5.74, 6) is -0.409. The average molecular weight is 372 g/mol. The largest absolute Gasteiger partial charge is 0.381 e. The van der Waals surface area contributed by atoms with Crippen molar-refractivity contribution in [2.45, 2.75) is 55.3 Å². The monoisotopic (exact) mass is 371 g/mol. The van der Waals surface area contributed by atoms with Crippen LogP contribution < -0.4 is 5.32 Å². The van der Waals surface area contributed by atoms with Crippen molar-refractivity contribution in [2.24, 2.45) is 0 Å². The molecule has 2 aliphatic rings. The molecule has 134 valence electrons. The van der Waals surface area contributed by atoms with E-state index in [9.17, 15) is 0 Å². The SMILES string of the molecule is CC(C)Sc1cccc(Cl)c1CNC[C@@H]1COC2(CCOCC2)O1. The molecule has 0 unspecified atom stereocenters. The van der Waals surface area contributed by atoms with E-state index in [0.717, 1.165) is 49.7 Å². The maximum absolute atomic E-state index is 6.40. The van der Waals surface area contributed by atoms with Crippen LogP contribution in [0.15, 0.2) is 23.1 Å². The van der Waals surface area contributed by atoms with Crippen LogP contribution in [-0.2, 0) is 20.8 Å². The van der Waals surface area contributed by atoms with Gasteiger partial charge in [-0.3, -0.25) is 0 Å². The number of benzene rings is 1. The maximum atomic E-state index is 6.40. The number of nitrogens with one attached hydrogen (secondary N) is 1. The van der Waals surface area contributed by atoms with Crippen molar-refractivity contribution in [1.82, 2.24) is 5.32 Å². The van der Waals surface area contributed by atoms with Gasteiger partial charge in [-0.1, -0.05) is 31.5 Å². The minimum absolute atomic E-state index is 0.0896. The van der Waals surface area contributed by atoms with Crippen molar-refractivity contribution < 1.29 is 14.2 Å². The van der Waals surface area contributed by atoms with Gasteiger partial charge in [-0.05, 0) is 17.7 Å². The summed E-state index contributed by atoms with van der Waals surface area (Å²) in [6.07, 6.45) is 1.73. The molecule has 2 fully saturated rings. The summed E-state index contributed by atoms with van der Waals surface area (Å²) in [6, 6.07) is 6.11. The fourth-order valence-corrected chi connectivity index (χ4v) is 4.38. The Kier molecular flexibility index (Phi) is 6.46. The molecule has 2 saturated heterocycles. The normalized spacial score (nSPS) is 23.2. The molecular weight excluding hydrogens is 346 g/mol. The molecule has 1 atom stereocenters. The molecular formula is C18H26ClNO3S. The van der Waals surface area contributed by atoms with Gasteiger partial charge >= 0.3 is 0 Å². The molecule has 6 heteroatoms. The van der Waals surface area contributed by atoms with Crippen molar-refractivity contribution in [3.8, 4) is 0 Å². The van der Waals surface area contributed by atoms with Gasteiger partial charge in [-0.2, -0.15) is 0 Å². The molecule has 2 aliphatic heterocycles. The van der Waals surface area contributed by atoms with Gasteiger partial charge in [0.25, 0.3) is 0 Å². The minimum Gasteiger partial charge on any atom is -0.381 e. The van der Waals surface area contributed by atoms with Crippen molar-refractivity contribution in [2.75, 3.05) is 26.4 Å². The number of rotatable bonds is 6. The molecule has 3 rings (SSSR count). The number of hydrogen-bond acceptors (Lipinski definition) is 5. The highest BCUT2D eigenvalue weighted by Crippen LogP contribution is 2.33. The topological polar surface area (TPSA) is 39.7 Å². The van der Waals surface area contributed by atoms with Crippen LogP contribution in [0.1, 0.15) is 32.3 Å². The summed E-state index contributed by atoms with van der Waals surface area (Å²) in [6.45, 7) is 7.97. The summed E-state index contributed by atoms with van der Waals surface area (Å²) in [7, 11) is 0. The van der Waals surface area contributed by atoms with Gasteiger partial charge < -0.3 is 19.5 Å². The average Bonchev–Trinajstić information content (AvgIpc) is 2.93. The molecule has 1 spiro atoms. The van der Waals surface area contributed by atoms with Crippen LogP contribution in [0.4, 0.5) is 0 Å². The summed E-state index contributed by atoms with van der Waals surface area (Å²) in [5.41, 5.74) is 1.16. The van der Waals surface area contributed by atoms with Crippen LogP contribution in [-0.4, -0.2) is 43.5 Å². The molecule has 24 heavy (non-hydrogen) atoms. The third kappa shape index (κ3) is 4.65. The van der Waals surface area contributed by atoms with Crippen molar-refractivity contribution in [3.63, 3.8) is 0 Å². The van der Waals surface area contributed by atoms with Gasteiger partial charge in [-0.15, -0.1) is 11.8 Å². The number of hydrogen-bond donors (Lipinski definition) is 1. The fraction of sp³-hybridized carbons (Fsp3) is 0.667. The lowest BCUT2D eigenvalue weighted by Gasteiger charge is -2.31. The highest BCUT2D eigenvalue weighted by Gasteiger charge is 2.42. The molecule has 0 bridgehead atoms. The zero-order chi connectivity index (χ0) is 17.0. The van der Waals surface area contributed by atoms with E-state index >= 15 is 0 Å². The van der Waals surface area contributed by atoms with Gasteiger partial charge in [-0.25, -0.2) is 0 Å². The quantitative estimate of drug-likeness (QED) is 0.769.